The molecule has 0 fully saturated rings. The Balaban J connectivity index is 3.19. The van der Waals surface area contributed by atoms with Crippen molar-refractivity contribution in [1.29, 1.82) is 0 Å². The van der Waals surface area contributed by atoms with Crippen LogP contribution in [-0.2, 0) is 29.8 Å². The van der Waals surface area contributed by atoms with Crippen LogP contribution in [0.15, 0.2) is 0 Å². The molecule has 0 unspecified atom stereocenters. The summed E-state index contributed by atoms with van der Waals surface area (Å²) in [7, 11) is -7.12. The molecule has 7 nitrogen and oxygen atoms in total. The molecule has 0 aromatic rings. The van der Waals surface area contributed by atoms with Crippen LogP contribution in [0.5, 0.6) is 0 Å². The van der Waals surface area contributed by atoms with Gasteiger partial charge in [0.05, 0.1) is 13.2 Å². The molecule has 0 aliphatic rings. The van der Waals surface area contributed by atoms with Crippen LogP contribution in [0.3, 0.4) is 0 Å². The molecule has 0 spiro atoms. The van der Waals surface area contributed by atoms with Crippen molar-refractivity contribution in [2.45, 2.75) is 25.7 Å². The molecule has 0 aliphatic carbocycles. The van der Waals surface area contributed by atoms with Crippen LogP contribution in [0, 0.1) is 0 Å². The first kappa shape index (κ1) is 14.8. The zero-order valence-electron chi connectivity index (χ0n) is 7.99. The topological polar surface area (TPSA) is 107 Å². The lowest BCUT2D eigenvalue weighted by atomic mass is 10.2. The van der Waals surface area contributed by atoms with E-state index in [0.717, 1.165) is 0 Å². The van der Waals surface area contributed by atoms with Crippen LogP contribution in [-0.4, -0.2) is 34.6 Å². The van der Waals surface area contributed by atoms with Gasteiger partial charge in [-0.25, -0.2) is 12.6 Å². The van der Waals surface area contributed by atoms with Gasteiger partial charge in [0.1, 0.15) is 0 Å². The summed E-state index contributed by atoms with van der Waals surface area (Å²) in [5.41, 5.74) is 0. The van der Waals surface area contributed by atoms with Crippen molar-refractivity contribution in [2.75, 3.05) is 13.2 Å². The van der Waals surface area contributed by atoms with Crippen molar-refractivity contribution in [3.63, 3.8) is 0 Å². The van der Waals surface area contributed by atoms with Crippen LogP contribution >= 0.6 is 0 Å². The highest BCUT2D eigenvalue weighted by atomic mass is 32.3. The number of unbranched alkanes of at least 4 members (excludes halogenated alkanes) is 3. The zero-order chi connectivity index (χ0) is 11.7. The van der Waals surface area contributed by atoms with Crippen molar-refractivity contribution in [3.05, 3.63) is 0 Å². The Kier molecular flexibility index (Phi) is 7.88. The van der Waals surface area contributed by atoms with E-state index in [1.165, 1.54) is 0 Å². The maximum absolute atomic E-state index is 10.1. The van der Waals surface area contributed by atoms with E-state index < -0.39 is 21.4 Å². The lowest BCUT2D eigenvalue weighted by molar-refractivity contribution is 0.258. The second-order valence-electron chi connectivity index (χ2n) is 2.72. The second-order valence-corrected chi connectivity index (χ2v) is 4.52. The Labute approximate surface area is 90.5 Å². The number of hydrogen-bond donors (Lipinski definition) is 2. The normalized spacial score (nSPS) is 12.1. The van der Waals surface area contributed by atoms with Gasteiger partial charge in [0, 0.05) is 0 Å². The molecule has 0 aliphatic heterocycles. The van der Waals surface area contributed by atoms with E-state index in [4.69, 9.17) is 4.55 Å². The van der Waals surface area contributed by atoms with Crippen LogP contribution < -0.4 is 0 Å². The van der Waals surface area contributed by atoms with E-state index in [1.807, 2.05) is 0 Å². The molecule has 0 rings (SSSR count). The third-order valence-corrected chi connectivity index (χ3v) is 2.33. The first-order valence-electron chi connectivity index (χ1n) is 4.31. The Morgan fingerprint density at radius 2 is 1.53 bits per heavy atom. The van der Waals surface area contributed by atoms with Gasteiger partial charge in [0.15, 0.2) is 0 Å². The maximum atomic E-state index is 10.1. The van der Waals surface area contributed by atoms with Crippen LogP contribution in [0.25, 0.3) is 0 Å². The quantitative estimate of drug-likeness (QED) is 0.339. The molecule has 15 heavy (non-hydrogen) atoms. The van der Waals surface area contributed by atoms with E-state index in [-0.39, 0.29) is 13.2 Å². The molecule has 0 radical (unpaired) electrons. The summed E-state index contributed by atoms with van der Waals surface area (Å²) in [6.45, 7) is 0.0629. The second kappa shape index (κ2) is 7.99. The lowest BCUT2D eigenvalue weighted by Gasteiger charge is -2.00. The fourth-order valence-corrected chi connectivity index (χ4v) is 1.47. The monoisotopic (exact) mass is 262 g/mol. The molecular weight excluding hydrogens is 248 g/mol. The Morgan fingerprint density at radius 1 is 1.00 bits per heavy atom. The molecule has 0 heterocycles. The first-order valence-corrected chi connectivity index (χ1v) is 6.77. The van der Waals surface area contributed by atoms with Crippen LogP contribution in [0.2, 0.25) is 0 Å². The van der Waals surface area contributed by atoms with Gasteiger partial charge in [-0.1, -0.05) is 12.8 Å². The Bertz CT molecular complexity index is 310. The molecule has 0 aromatic heterocycles. The molecular formula is C6H14O7S2. The smallest absolute Gasteiger partial charge is 0.272 e. The van der Waals surface area contributed by atoms with Crippen molar-refractivity contribution in [3.8, 4) is 0 Å². The predicted molar refractivity (Wildman–Crippen MR) is 52.2 cm³/mol. The highest BCUT2D eigenvalue weighted by Gasteiger charge is 2.02. The lowest BCUT2D eigenvalue weighted by Crippen LogP contribution is -2.04. The van der Waals surface area contributed by atoms with E-state index in [1.54, 1.807) is 0 Å². The number of rotatable bonds is 9. The van der Waals surface area contributed by atoms with E-state index in [0.29, 0.717) is 25.7 Å². The average Bonchev–Trinajstić information content (AvgIpc) is 2.07. The van der Waals surface area contributed by atoms with Crippen molar-refractivity contribution in [2.24, 2.45) is 0 Å². The van der Waals surface area contributed by atoms with Gasteiger partial charge in [-0.15, -0.1) is 0 Å². The molecule has 9 heteroatoms. The Hall–Kier alpha value is -0.220. The summed E-state index contributed by atoms with van der Waals surface area (Å²) in [5, 5.41) is 0. The van der Waals surface area contributed by atoms with E-state index >= 15 is 0 Å². The highest BCUT2D eigenvalue weighted by molar-refractivity contribution is 7.80. The summed E-state index contributed by atoms with van der Waals surface area (Å²) in [4.78, 5) is 0. The van der Waals surface area contributed by atoms with Crippen molar-refractivity contribution < 1.29 is 29.8 Å². The minimum absolute atomic E-state index is 0.0739. The molecule has 0 bridgehead atoms. The van der Waals surface area contributed by atoms with Crippen LogP contribution in [0.4, 0.5) is 0 Å². The third-order valence-electron chi connectivity index (χ3n) is 1.47. The molecule has 1 N–H and O–H groups in total. The summed E-state index contributed by atoms with van der Waals surface area (Å²) in [5.74, 6) is 0. The predicted octanol–water partition coefficient (Wildman–Crippen LogP) is -0.0908. The summed E-state index contributed by atoms with van der Waals surface area (Å²) < 4.78 is 56.6. The standard InChI is InChI=1S/C6H14O7S2/c7-14(8)12-5-3-1-2-4-6-13-15(9,10)11/h14H,1-6H2,(H,9,10,11). The van der Waals surface area contributed by atoms with Gasteiger partial charge in [-0.3, -0.25) is 8.74 Å². The molecule has 0 aromatic carbocycles. The zero-order valence-corrected chi connectivity index (χ0v) is 9.71. The fraction of sp³-hybridized carbons (Fsp3) is 1.00. The maximum Gasteiger partial charge on any atom is 0.397 e. The highest BCUT2D eigenvalue weighted by Crippen LogP contribution is 2.01. The van der Waals surface area contributed by atoms with Gasteiger partial charge in [-0.05, 0) is 12.8 Å². The molecule has 0 amide bonds. The van der Waals surface area contributed by atoms with Crippen LogP contribution in [0.1, 0.15) is 25.7 Å². The van der Waals surface area contributed by atoms with Gasteiger partial charge in [0.25, 0.3) is 11.0 Å². The first-order chi connectivity index (χ1) is 6.92. The Morgan fingerprint density at radius 3 is 2.00 bits per heavy atom. The fourth-order valence-electron chi connectivity index (χ4n) is 0.861. The molecule has 0 saturated carbocycles. The van der Waals surface area contributed by atoms with Gasteiger partial charge in [0.2, 0.25) is 0 Å². The molecule has 0 saturated heterocycles. The SMILES string of the molecule is O=[SH](=O)OCCCCCCOS(=O)(=O)O. The van der Waals surface area contributed by atoms with Crippen molar-refractivity contribution >= 4 is 21.4 Å². The van der Waals surface area contributed by atoms with E-state index in [2.05, 4.69) is 8.37 Å². The van der Waals surface area contributed by atoms with E-state index in [9.17, 15) is 16.8 Å². The summed E-state index contributed by atoms with van der Waals surface area (Å²) >= 11 is 0. The van der Waals surface area contributed by atoms with Gasteiger partial charge in [-0.2, -0.15) is 8.42 Å². The van der Waals surface area contributed by atoms with Crippen molar-refractivity contribution in [1.82, 2.24) is 0 Å². The molecule has 92 valence electrons. The third kappa shape index (κ3) is 13.8. The summed E-state index contributed by atoms with van der Waals surface area (Å²) in [6.07, 6.45) is 2.44. The number of thiol groups is 1. The summed E-state index contributed by atoms with van der Waals surface area (Å²) in [6, 6.07) is 0. The largest absolute Gasteiger partial charge is 0.397 e. The minimum Gasteiger partial charge on any atom is -0.272 e. The number of hydrogen-bond acceptors (Lipinski definition) is 6. The van der Waals surface area contributed by atoms with Gasteiger partial charge < -0.3 is 0 Å². The van der Waals surface area contributed by atoms with Gasteiger partial charge >= 0.3 is 10.4 Å². The molecule has 0 atom stereocenters. The average molecular weight is 262 g/mol. The minimum atomic E-state index is -4.34.